The molecular formula is C32H33F3N6O2S. The van der Waals surface area contributed by atoms with E-state index in [2.05, 4.69) is 62.9 Å². The first-order chi connectivity index (χ1) is 21.1. The van der Waals surface area contributed by atoms with Gasteiger partial charge in [0.15, 0.2) is 11.0 Å². The number of halogens is 3. The number of alkyl halides is 3. The predicted octanol–water partition coefficient (Wildman–Crippen LogP) is 7.34. The highest BCUT2D eigenvalue weighted by Crippen LogP contribution is 2.31. The number of carbonyl (C=O) groups excluding carboxylic acids is 1. The summed E-state index contributed by atoms with van der Waals surface area (Å²) in [6, 6.07) is 19.1. The Labute approximate surface area is 258 Å². The minimum Gasteiger partial charge on any atom is -0.406 e. The molecule has 0 bridgehead atoms. The van der Waals surface area contributed by atoms with Crippen LogP contribution in [0.25, 0.3) is 17.1 Å². The molecule has 5 rings (SSSR count). The highest BCUT2D eigenvalue weighted by atomic mass is 32.2. The molecule has 0 aliphatic carbocycles. The Morgan fingerprint density at radius 2 is 1.77 bits per heavy atom. The van der Waals surface area contributed by atoms with Crippen molar-refractivity contribution in [2.45, 2.75) is 40.0 Å². The molecule has 1 aliphatic rings. The van der Waals surface area contributed by atoms with Gasteiger partial charge in [-0.3, -0.25) is 0 Å². The topological polar surface area (TPSA) is 84.6 Å². The molecule has 3 aromatic carbocycles. The summed E-state index contributed by atoms with van der Waals surface area (Å²) in [6.45, 7) is 7.57. The van der Waals surface area contributed by atoms with Crippen molar-refractivity contribution in [3.63, 3.8) is 0 Å². The Morgan fingerprint density at radius 3 is 2.45 bits per heavy atom. The minimum absolute atomic E-state index is 0.181. The molecule has 0 saturated carbocycles. The first-order valence-corrected chi connectivity index (χ1v) is 15.2. The molecule has 0 radical (unpaired) electrons. The lowest BCUT2D eigenvalue weighted by Crippen LogP contribution is -2.37. The molecule has 1 atom stereocenters. The number of amidine groups is 1. The Balaban J connectivity index is 1.15. The molecule has 1 unspecified atom stereocenters. The summed E-state index contributed by atoms with van der Waals surface area (Å²) in [6.07, 6.45) is -1.45. The number of hydrogen-bond donors (Lipinski definition) is 1. The SMILES string of the molecule is Cc1cccc(C)c1N1CCCS/C1=N\C(=O)NCC(C)Cc1ccc(-c2ncn(-c3ccc(OC(F)(F)F)cc3)n2)cc1. The van der Waals surface area contributed by atoms with Gasteiger partial charge in [0.1, 0.15) is 12.1 Å². The smallest absolute Gasteiger partial charge is 0.406 e. The van der Waals surface area contributed by atoms with Crippen molar-refractivity contribution in [3.05, 3.63) is 89.7 Å². The molecule has 8 nitrogen and oxygen atoms in total. The maximum atomic E-state index is 12.8. The predicted molar refractivity (Wildman–Crippen MR) is 168 cm³/mol. The average molecular weight is 623 g/mol. The molecule has 1 fully saturated rings. The molecule has 1 saturated heterocycles. The number of benzene rings is 3. The maximum Gasteiger partial charge on any atom is 0.573 e. The van der Waals surface area contributed by atoms with Crippen LogP contribution in [0.5, 0.6) is 5.75 Å². The number of aliphatic imine (C=N–C) groups is 1. The van der Waals surface area contributed by atoms with Gasteiger partial charge in [0, 0.05) is 30.1 Å². The zero-order valence-electron chi connectivity index (χ0n) is 24.6. The molecule has 44 heavy (non-hydrogen) atoms. The fourth-order valence-corrected chi connectivity index (χ4v) is 6.01. The summed E-state index contributed by atoms with van der Waals surface area (Å²) < 4.78 is 42.6. The lowest BCUT2D eigenvalue weighted by molar-refractivity contribution is -0.274. The van der Waals surface area contributed by atoms with Crippen LogP contribution in [0.15, 0.2) is 78.0 Å². The summed E-state index contributed by atoms with van der Waals surface area (Å²) >= 11 is 1.61. The Bertz CT molecular complexity index is 1600. The normalized spacial score (nSPS) is 15.3. The second-order valence-corrected chi connectivity index (χ2v) is 11.8. The largest absolute Gasteiger partial charge is 0.573 e. The van der Waals surface area contributed by atoms with Crippen molar-refractivity contribution in [2.24, 2.45) is 10.9 Å². The molecule has 2 amide bonds. The molecule has 4 aromatic rings. The number of amides is 2. The number of anilines is 1. The fraction of sp³-hybridized carbons (Fsp3) is 0.312. The van der Waals surface area contributed by atoms with Crippen LogP contribution in [0.1, 0.15) is 30.0 Å². The highest BCUT2D eigenvalue weighted by molar-refractivity contribution is 8.14. The number of thioether (sulfide) groups is 1. The van der Waals surface area contributed by atoms with E-state index >= 15 is 0 Å². The van der Waals surface area contributed by atoms with Crippen LogP contribution in [0.3, 0.4) is 0 Å². The van der Waals surface area contributed by atoms with E-state index in [1.807, 2.05) is 30.3 Å². The Morgan fingerprint density at radius 1 is 1.07 bits per heavy atom. The van der Waals surface area contributed by atoms with Gasteiger partial charge in [0.25, 0.3) is 0 Å². The number of para-hydroxylation sites is 1. The molecule has 12 heteroatoms. The number of aryl methyl sites for hydroxylation is 2. The molecule has 2 heterocycles. The van der Waals surface area contributed by atoms with Crippen molar-refractivity contribution in [1.29, 1.82) is 0 Å². The van der Waals surface area contributed by atoms with Crippen LogP contribution < -0.4 is 15.0 Å². The van der Waals surface area contributed by atoms with E-state index in [0.717, 1.165) is 58.2 Å². The van der Waals surface area contributed by atoms with E-state index in [1.165, 1.54) is 35.3 Å². The fourth-order valence-electron chi connectivity index (χ4n) is 5.06. The monoisotopic (exact) mass is 622 g/mol. The van der Waals surface area contributed by atoms with Gasteiger partial charge in [-0.15, -0.1) is 18.3 Å². The Hall–Kier alpha value is -4.32. The van der Waals surface area contributed by atoms with E-state index in [4.69, 9.17) is 0 Å². The molecule has 1 aromatic heterocycles. The number of ether oxygens (including phenoxy) is 1. The number of nitrogens with one attached hydrogen (secondary N) is 1. The standard InChI is InChI=1S/C32H33F3N6O2S/c1-21(19-36-30(42)38-31-40(16-5-17-44-31)28-22(2)6-4-7-23(28)3)18-24-8-10-25(11-9-24)29-37-20-41(39-29)26-12-14-27(15-13-26)43-32(33,34)35/h4,6-15,20-21H,5,16-19H2,1-3H3,(H,36,42)/b38-31-. The molecular weight excluding hydrogens is 589 g/mol. The number of rotatable bonds is 8. The van der Waals surface area contributed by atoms with Crippen molar-refractivity contribution >= 4 is 28.6 Å². The molecule has 1 aliphatic heterocycles. The van der Waals surface area contributed by atoms with Crippen LogP contribution in [0.4, 0.5) is 23.7 Å². The number of aromatic nitrogens is 3. The summed E-state index contributed by atoms with van der Waals surface area (Å²) in [5.41, 5.74) is 5.91. The van der Waals surface area contributed by atoms with E-state index in [0.29, 0.717) is 18.1 Å². The first-order valence-electron chi connectivity index (χ1n) is 14.3. The molecule has 1 N–H and O–H groups in total. The maximum absolute atomic E-state index is 12.8. The quantitative estimate of drug-likeness (QED) is 0.221. The zero-order valence-corrected chi connectivity index (χ0v) is 25.5. The summed E-state index contributed by atoms with van der Waals surface area (Å²) in [7, 11) is 0. The highest BCUT2D eigenvalue weighted by Gasteiger charge is 2.31. The number of nitrogens with zero attached hydrogens (tertiary/aromatic N) is 5. The van der Waals surface area contributed by atoms with Gasteiger partial charge in [-0.25, -0.2) is 14.5 Å². The third-order valence-corrected chi connectivity index (χ3v) is 8.18. The van der Waals surface area contributed by atoms with Gasteiger partial charge in [-0.1, -0.05) is 61.2 Å². The lowest BCUT2D eigenvalue weighted by atomic mass is 10.00. The van der Waals surface area contributed by atoms with Gasteiger partial charge < -0.3 is 15.0 Å². The van der Waals surface area contributed by atoms with Crippen molar-refractivity contribution in [1.82, 2.24) is 20.1 Å². The first kappa shape index (κ1) is 31.1. The van der Waals surface area contributed by atoms with Gasteiger partial charge in [-0.2, -0.15) is 4.99 Å². The van der Waals surface area contributed by atoms with E-state index < -0.39 is 6.36 Å². The zero-order chi connectivity index (χ0) is 31.3. The number of hydrogen-bond acceptors (Lipinski definition) is 5. The molecule has 0 spiro atoms. The summed E-state index contributed by atoms with van der Waals surface area (Å²) in [5.74, 6) is 1.30. The van der Waals surface area contributed by atoms with Gasteiger partial charge in [-0.05, 0) is 73.6 Å². The van der Waals surface area contributed by atoms with Crippen LogP contribution >= 0.6 is 11.8 Å². The third kappa shape index (κ3) is 7.98. The van der Waals surface area contributed by atoms with Gasteiger partial charge in [0.2, 0.25) is 0 Å². The van der Waals surface area contributed by atoms with Gasteiger partial charge in [0.05, 0.1) is 5.69 Å². The van der Waals surface area contributed by atoms with Crippen molar-refractivity contribution in [2.75, 3.05) is 23.7 Å². The second kappa shape index (κ2) is 13.5. The van der Waals surface area contributed by atoms with Crippen LogP contribution in [0.2, 0.25) is 0 Å². The minimum atomic E-state index is -4.74. The molecule has 230 valence electrons. The van der Waals surface area contributed by atoms with Crippen LogP contribution in [0, 0.1) is 19.8 Å². The number of carbonyl (C=O) groups is 1. The van der Waals surface area contributed by atoms with Gasteiger partial charge >= 0.3 is 12.4 Å². The average Bonchev–Trinajstić information content (AvgIpc) is 3.47. The van der Waals surface area contributed by atoms with Crippen LogP contribution in [-0.4, -0.2) is 51.2 Å². The van der Waals surface area contributed by atoms with Crippen LogP contribution in [-0.2, 0) is 6.42 Å². The van der Waals surface area contributed by atoms with E-state index in [9.17, 15) is 18.0 Å². The van der Waals surface area contributed by atoms with E-state index in [-0.39, 0.29) is 17.7 Å². The second-order valence-electron chi connectivity index (χ2n) is 10.7. The van der Waals surface area contributed by atoms with Crippen molar-refractivity contribution < 1.29 is 22.7 Å². The lowest BCUT2D eigenvalue weighted by Gasteiger charge is -2.31. The van der Waals surface area contributed by atoms with E-state index in [1.54, 1.807) is 11.8 Å². The summed E-state index contributed by atoms with van der Waals surface area (Å²) in [5, 5.41) is 8.16. The third-order valence-electron chi connectivity index (χ3n) is 7.12. The van der Waals surface area contributed by atoms with Crippen molar-refractivity contribution in [3.8, 4) is 22.8 Å². The summed E-state index contributed by atoms with van der Waals surface area (Å²) in [4.78, 5) is 23.7. The number of urea groups is 1. The Kier molecular flexibility index (Phi) is 9.58.